The summed E-state index contributed by atoms with van der Waals surface area (Å²) in [5, 5.41) is 3.26. The van der Waals surface area contributed by atoms with Gasteiger partial charge in [-0.15, -0.1) is 0 Å². The normalized spacial score (nSPS) is 12.3. The Morgan fingerprint density at radius 1 is 0.757 bits per heavy atom. The summed E-state index contributed by atoms with van der Waals surface area (Å²) in [7, 11) is 0. The number of benzene rings is 4. The smallest absolute Gasteiger partial charge is 0.341 e. The molecule has 37 heavy (non-hydrogen) atoms. The number of carbonyl (C=O) groups excluding carboxylic acids is 3. The van der Waals surface area contributed by atoms with Gasteiger partial charge in [-0.1, -0.05) is 112 Å². The fourth-order valence-electron chi connectivity index (χ4n) is 3.64. The number of hydrogen-bond donors (Lipinski definition) is 1. The number of anilines is 1. The zero-order valence-corrected chi connectivity index (χ0v) is 22.3. The number of esters is 1. The Balaban J connectivity index is 1.62. The summed E-state index contributed by atoms with van der Waals surface area (Å²) >= 11 is 15.7. The Morgan fingerprint density at radius 3 is 2.05 bits per heavy atom. The van der Waals surface area contributed by atoms with Crippen LogP contribution in [0.3, 0.4) is 0 Å². The van der Waals surface area contributed by atoms with Crippen LogP contribution in [0.2, 0.25) is 10.0 Å². The van der Waals surface area contributed by atoms with Crippen LogP contribution in [0.25, 0.3) is 0 Å². The SMILES string of the molecule is O=C(Nc1ccccc1C(=O)O[C@@H](C(=O)c1ccccc1)[C@H](Br)c1ccccc1)c1ccc(Cl)cc1Cl. The molecule has 0 bridgehead atoms. The van der Waals surface area contributed by atoms with Crippen molar-refractivity contribution < 1.29 is 19.1 Å². The van der Waals surface area contributed by atoms with Gasteiger partial charge in [0.2, 0.25) is 5.78 Å². The van der Waals surface area contributed by atoms with Crippen molar-refractivity contribution in [3.05, 3.63) is 135 Å². The van der Waals surface area contributed by atoms with Gasteiger partial charge in [0.25, 0.3) is 5.91 Å². The number of hydrogen-bond acceptors (Lipinski definition) is 4. The highest BCUT2D eigenvalue weighted by Gasteiger charge is 2.33. The topological polar surface area (TPSA) is 72.5 Å². The van der Waals surface area contributed by atoms with E-state index in [9.17, 15) is 14.4 Å². The summed E-state index contributed by atoms with van der Waals surface area (Å²) in [6.07, 6.45) is -1.17. The third kappa shape index (κ3) is 6.46. The monoisotopic (exact) mass is 595 g/mol. The summed E-state index contributed by atoms with van der Waals surface area (Å²) in [5.41, 5.74) is 1.65. The predicted molar refractivity (Wildman–Crippen MR) is 149 cm³/mol. The van der Waals surface area contributed by atoms with E-state index in [4.69, 9.17) is 27.9 Å². The number of ether oxygens (including phenoxy) is 1. The van der Waals surface area contributed by atoms with Crippen molar-refractivity contribution in [2.75, 3.05) is 5.32 Å². The van der Waals surface area contributed by atoms with Gasteiger partial charge in [0.05, 0.1) is 26.7 Å². The molecule has 0 heterocycles. The first-order valence-electron chi connectivity index (χ1n) is 11.2. The first kappa shape index (κ1) is 26.6. The number of halogens is 3. The zero-order chi connectivity index (χ0) is 26.4. The number of amides is 1. The van der Waals surface area contributed by atoms with Gasteiger partial charge in [-0.25, -0.2) is 4.79 Å². The van der Waals surface area contributed by atoms with Crippen molar-refractivity contribution in [3.8, 4) is 0 Å². The van der Waals surface area contributed by atoms with E-state index in [1.54, 1.807) is 54.6 Å². The maximum absolute atomic E-state index is 13.4. The van der Waals surface area contributed by atoms with Gasteiger partial charge in [-0.3, -0.25) is 9.59 Å². The Hall–Kier alpha value is -3.45. The largest absolute Gasteiger partial charge is 0.449 e. The molecule has 0 spiro atoms. The standard InChI is InChI=1S/C29H20BrCl2NO4/c30-25(18-9-3-1-4-10-18)27(26(34)19-11-5-2-6-12-19)37-29(36)22-13-7-8-14-24(22)33-28(35)21-16-15-20(31)17-23(21)32/h1-17,25,27H,(H,33,35)/t25-,27-/m1/s1. The predicted octanol–water partition coefficient (Wildman–Crippen LogP) is 7.79. The Bertz CT molecular complexity index is 1430. The van der Waals surface area contributed by atoms with Gasteiger partial charge in [0.15, 0.2) is 6.10 Å². The van der Waals surface area contributed by atoms with Crippen molar-refractivity contribution in [1.82, 2.24) is 0 Å². The first-order chi connectivity index (χ1) is 17.8. The van der Waals surface area contributed by atoms with E-state index in [0.29, 0.717) is 10.6 Å². The van der Waals surface area contributed by atoms with E-state index in [-0.39, 0.29) is 27.6 Å². The number of Topliss-reactive ketones (excluding diaryl/α,β-unsaturated/α-hetero) is 1. The summed E-state index contributed by atoms with van der Waals surface area (Å²) < 4.78 is 5.81. The van der Waals surface area contributed by atoms with E-state index in [2.05, 4.69) is 21.2 Å². The van der Waals surface area contributed by atoms with Crippen LogP contribution in [0, 0.1) is 0 Å². The lowest BCUT2D eigenvalue weighted by molar-refractivity contribution is 0.0283. The van der Waals surface area contributed by atoms with Crippen LogP contribution in [0.5, 0.6) is 0 Å². The molecule has 0 fully saturated rings. The van der Waals surface area contributed by atoms with Crippen molar-refractivity contribution in [2.24, 2.45) is 0 Å². The molecule has 2 atom stereocenters. The van der Waals surface area contributed by atoms with Crippen molar-refractivity contribution in [3.63, 3.8) is 0 Å². The lowest BCUT2D eigenvalue weighted by atomic mass is 9.99. The maximum Gasteiger partial charge on any atom is 0.341 e. The van der Waals surface area contributed by atoms with Crippen LogP contribution in [-0.4, -0.2) is 23.8 Å². The van der Waals surface area contributed by atoms with Gasteiger partial charge in [0, 0.05) is 10.6 Å². The molecule has 5 nitrogen and oxygen atoms in total. The van der Waals surface area contributed by atoms with Gasteiger partial charge < -0.3 is 10.1 Å². The maximum atomic E-state index is 13.4. The highest BCUT2D eigenvalue weighted by atomic mass is 79.9. The van der Waals surface area contributed by atoms with E-state index >= 15 is 0 Å². The van der Waals surface area contributed by atoms with E-state index < -0.39 is 22.8 Å². The number of carbonyl (C=O) groups is 3. The molecule has 0 saturated heterocycles. The second-order valence-electron chi connectivity index (χ2n) is 7.99. The van der Waals surface area contributed by atoms with Crippen LogP contribution in [-0.2, 0) is 4.74 Å². The van der Waals surface area contributed by atoms with Gasteiger partial charge in [-0.05, 0) is 35.9 Å². The van der Waals surface area contributed by atoms with E-state index in [1.807, 2.05) is 30.3 Å². The molecular weight excluding hydrogens is 577 g/mol. The van der Waals surface area contributed by atoms with Crippen molar-refractivity contribution >= 4 is 62.5 Å². The first-order valence-corrected chi connectivity index (χ1v) is 12.9. The van der Waals surface area contributed by atoms with E-state index in [0.717, 1.165) is 5.56 Å². The highest BCUT2D eigenvalue weighted by molar-refractivity contribution is 9.09. The minimum absolute atomic E-state index is 0.0829. The third-order valence-electron chi connectivity index (χ3n) is 5.51. The number of nitrogens with one attached hydrogen (secondary N) is 1. The summed E-state index contributed by atoms with van der Waals surface area (Å²) in [6, 6.07) is 28.7. The molecule has 4 aromatic carbocycles. The molecule has 0 aliphatic heterocycles. The highest BCUT2D eigenvalue weighted by Crippen LogP contribution is 2.32. The molecule has 0 aliphatic carbocycles. The number of rotatable bonds is 8. The van der Waals surface area contributed by atoms with E-state index in [1.165, 1.54) is 18.2 Å². The van der Waals surface area contributed by atoms with Crippen LogP contribution in [0.1, 0.15) is 41.5 Å². The summed E-state index contributed by atoms with van der Waals surface area (Å²) in [6.45, 7) is 0. The van der Waals surface area contributed by atoms with Crippen molar-refractivity contribution in [2.45, 2.75) is 10.9 Å². The van der Waals surface area contributed by atoms with Crippen LogP contribution < -0.4 is 5.32 Å². The third-order valence-corrected chi connectivity index (χ3v) is 7.06. The molecule has 1 N–H and O–H groups in total. The van der Waals surface area contributed by atoms with Gasteiger partial charge in [0.1, 0.15) is 0 Å². The average molecular weight is 597 g/mol. The van der Waals surface area contributed by atoms with Gasteiger partial charge >= 0.3 is 5.97 Å². The van der Waals surface area contributed by atoms with Crippen molar-refractivity contribution in [1.29, 1.82) is 0 Å². The molecule has 4 rings (SSSR count). The molecule has 186 valence electrons. The molecule has 0 aromatic heterocycles. The second kappa shape index (κ2) is 12.2. The Morgan fingerprint density at radius 2 is 1.38 bits per heavy atom. The molecule has 1 amide bonds. The number of para-hydroxylation sites is 1. The van der Waals surface area contributed by atoms with Crippen LogP contribution in [0.15, 0.2) is 103 Å². The lowest BCUT2D eigenvalue weighted by Gasteiger charge is -2.23. The fourth-order valence-corrected chi connectivity index (χ4v) is 4.78. The summed E-state index contributed by atoms with van der Waals surface area (Å²) in [5.74, 6) is -1.66. The lowest BCUT2D eigenvalue weighted by Crippen LogP contribution is -2.31. The quantitative estimate of drug-likeness (QED) is 0.128. The molecule has 0 unspecified atom stereocenters. The molecular formula is C29H20BrCl2NO4. The Labute approximate surface area is 232 Å². The van der Waals surface area contributed by atoms with Crippen LogP contribution in [0.4, 0.5) is 5.69 Å². The van der Waals surface area contributed by atoms with Crippen LogP contribution >= 0.6 is 39.1 Å². The molecule has 0 aliphatic rings. The summed E-state index contributed by atoms with van der Waals surface area (Å²) in [4.78, 5) is 39.1. The minimum Gasteiger partial charge on any atom is -0.449 e. The molecule has 0 saturated carbocycles. The second-order valence-corrected chi connectivity index (χ2v) is 9.82. The number of alkyl halides is 1. The fraction of sp³-hybridized carbons (Fsp3) is 0.0690. The minimum atomic E-state index is -1.17. The molecule has 4 aromatic rings. The molecule has 0 radical (unpaired) electrons. The number of ketones is 1. The molecule has 8 heteroatoms. The zero-order valence-electron chi connectivity index (χ0n) is 19.2. The average Bonchev–Trinajstić information content (AvgIpc) is 2.92. The Kier molecular flexibility index (Phi) is 8.77. The van der Waals surface area contributed by atoms with Gasteiger partial charge in [-0.2, -0.15) is 0 Å².